The van der Waals surface area contributed by atoms with Crippen LogP contribution in [0, 0.1) is 19.3 Å². The topological polar surface area (TPSA) is 62.5 Å². The van der Waals surface area contributed by atoms with Gasteiger partial charge in [0, 0.05) is 11.1 Å². The van der Waals surface area contributed by atoms with E-state index in [1.165, 1.54) is 0 Å². The number of aromatic nitrogens is 2. The predicted octanol–water partition coefficient (Wildman–Crippen LogP) is 4.42. The summed E-state index contributed by atoms with van der Waals surface area (Å²) in [4.78, 5) is 24.3. The van der Waals surface area contributed by atoms with Gasteiger partial charge in [-0.1, -0.05) is 56.2 Å². The molecule has 0 atom stereocenters. The summed E-state index contributed by atoms with van der Waals surface area (Å²) in [5.74, 6) is 3.94. The zero-order valence-corrected chi connectivity index (χ0v) is 16.9. The molecule has 5 nitrogen and oxygen atoms in total. The number of terminal acetylenes is 1. The lowest BCUT2D eigenvalue weighted by Gasteiger charge is -2.12. The zero-order chi connectivity index (χ0) is 21.0. The number of nitrogens with one attached hydrogen (secondary N) is 1. The number of hydrogen-bond donors (Lipinski definition) is 1. The molecule has 0 aliphatic carbocycles. The third-order valence-electron chi connectivity index (χ3n) is 4.78. The summed E-state index contributed by atoms with van der Waals surface area (Å²) in [6.45, 7) is 10.2. The Kier molecular flexibility index (Phi) is 5.94. The Morgan fingerprint density at radius 1 is 1.21 bits per heavy atom. The predicted molar refractivity (Wildman–Crippen MR) is 120 cm³/mol. The van der Waals surface area contributed by atoms with Gasteiger partial charge in [0.25, 0.3) is 0 Å². The van der Waals surface area contributed by atoms with Crippen molar-refractivity contribution < 1.29 is 0 Å². The third kappa shape index (κ3) is 4.27. The zero-order valence-electron chi connectivity index (χ0n) is 16.9. The molecular formula is C24H24N4O. The summed E-state index contributed by atoms with van der Waals surface area (Å²) in [6.07, 6.45) is 5.42. The maximum absolute atomic E-state index is 12.5. The van der Waals surface area contributed by atoms with E-state index in [4.69, 9.17) is 11.4 Å². The number of H-pyrrole nitrogens is 1. The molecule has 1 heterocycles. The van der Waals surface area contributed by atoms with Crippen LogP contribution < -0.4 is 5.69 Å². The Morgan fingerprint density at radius 2 is 1.90 bits per heavy atom. The van der Waals surface area contributed by atoms with Crippen molar-refractivity contribution >= 4 is 18.4 Å². The first-order chi connectivity index (χ1) is 13.9. The first kappa shape index (κ1) is 20.1. The van der Waals surface area contributed by atoms with Gasteiger partial charge in [0.2, 0.25) is 0 Å². The van der Waals surface area contributed by atoms with Gasteiger partial charge in [-0.3, -0.25) is 4.57 Å². The minimum absolute atomic E-state index is 0.220. The Balaban J connectivity index is 2.08. The molecule has 1 N–H and O–H groups in total. The van der Waals surface area contributed by atoms with Gasteiger partial charge in [-0.15, -0.1) is 6.42 Å². The van der Waals surface area contributed by atoms with Crippen molar-refractivity contribution in [1.82, 2.24) is 9.55 Å². The van der Waals surface area contributed by atoms with Gasteiger partial charge in [-0.2, -0.15) is 0 Å². The van der Waals surface area contributed by atoms with Crippen LogP contribution in [-0.4, -0.2) is 22.1 Å². The lowest BCUT2D eigenvalue weighted by molar-refractivity contribution is 0.764. The molecule has 0 aliphatic heterocycles. The first-order valence-corrected chi connectivity index (χ1v) is 9.44. The number of nitrogens with zero attached hydrogens (tertiary/aromatic N) is 3. The van der Waals surface area contributed by atoms with Gasteiger partial charge in [0.15, 0.2) is 11.7 Å². The van der Waals surface area contributed by atoms with Crippen LogP contribution in [-0.2, 0) is 6.54 Å². The average Bonchev–Trinajstić information content (AvgIpc) is 2.99. The number of rotatable bonds is 5. The van der Waals surface area contributed by atoms with Crippen LogP contribution in [0.5, 0.6) is 0 Å². The number of hydrogen-bond acceptors (Lipinski definition) is 2. The van der Waals surface area contributed by atoms with E-state index in [9.17, 15) is 4.79 Å². The fraction of sp³-hybridized carbons (Fsp3) is 0.208. The molecule has 0 radical (unpaired) electrons. The normalized spacial score (nSPS) is 11.5. The molecule has 0 fully saturated rings. The fourth-order valence-electron chi connectivity index (χ4n) is 3.25. The van der Waals surface area contributed by atoms with E-state index in [2.05, 4.69) is 42.5 Å². The van der Waals surface area contributed by atoms with Crippen LogP contribution in [0.25, 0.3) is 0 Å². The minimum Gasteiger partial charge on any atom is -0.308 e. The summed E-state index contributed by atoms with van der Waals surface area (Å²) < 4.78 is 1.60. The highest BCUT2D eigenvalue weighted by Gasteiger charge is 2.15. The molecule has 146 valence electrons. The van der Waals surface area contributed by atoms with Gasteiger partial charge in [0.1, 0.15) is 0 Å². The molecule has 0 saturated heterocycles. The Bertz CT molecular complexity index is 1150. The summed E-state index contributed by atoms with van der Waals surface area (Å²) >= 11 is 0. The number of aromatic amines is 1. The summed E-state index contributed by atoms with van der Waals surface area (Å²) in [7, 11) is 0. The van der Waals surface area contributed by atoms with Crippen molar-refractivity contribution in [2.75, 3.05) is 0 Å². The number of amidine groups is 1. The monoisotopic (exact) mass is 384 g/mol. The van der Waals surface area contributed by atoms with Gasteiger partial charge in [0.05, 0.1) is 12.2 Å². The molecule has 3 rings (SSSR count). The largest absolute Gasteiger partial charge is 0.327 e. The van der Waals surface area contributed by atoms with Crippen molar-refractivity contribution in [1.29, 1.82) is 0 Å². The van der Waals surface area contributed by atoms with E-state index in [1.54, 1.807) is 4.57 Å². The minimum atomic E-state index is -0.220. The fourth-order valence-corrected chi connectivity index (χ4v) is 3.25. The maximum Gasteiger partial charge on any atom is 0.327 e. The molecule has 0 spiro atoms. The summed E-state index contributed by atoms with van der Waals surface area (Å²) in [5.41, 5.74) is 4.26. The van der Waals surface area contributed by atoms with Crippen molar-refractivity contribution in [2.45, 2.75) is 33.2 Å². The number of imidazole rings is 1. The van der Waals surface area contributed by atoms with Crippen LogP contribution >= 0.6 is 0 Å². The average molecular weight is 384 g/mol. The van der Waals surface area contributed by atoms with E-state index in [1.807, 2.05) is 49.4 Å². The smallest absolute Gasteiger partial charge is 0.308 e. The van der Waals surface area contributed by atoms with E-state index in [0.717, 1.165) is 22.3 Å². The van der Waals surface area contributed by atoms with Crippen molar-refractivity contribution in [2.24, 2.45) is 9.98 Å². The number of aliphatic imine (C=N–C) groups is 2. The standard InChI is InChI=1S/C24H24N4O/c1-6-18-11-13-19(14-12-18)15-28-23(17(4)26-24(28)29)27-22(25-5)21-10-8-7-9-20(21)16(2)3/h1,7-14,16H,5,15H2,2-4H3,(H,26,29)/b27-22-. The van der Waals surface area contributed by atoms with Crippen LogP contribution in [0.4, 0.5) is 5.82 Å². The van der Waals surface area contributed by atoms with Crippen LogP contribution in [0.1, 0.15) is 47.7 Å². The van der Waals surface area contributed by atoms with E-state index < -0.39 is 0 Å². The Labute approximate surface area is 170 Å². The van der Waals surface area contributed by atoms with Gasteiger partial charge in [-0.25, -0.2) is 14.8 Å². The van der Waals surface area contributed by atoms with Crippen LogP contribution in [0.3, 0.4) is 0 Å². The molecule has 0 bridgehead atoms. The second-order valence-electron chi connectivity index (χ2n) is 7.14. The molecule has 29 heavy (non-hydrogen) atoms. The molecule has 3 aromatic rings. The van der Waals surface area contributed by atoms with Crippen LogP contribution in [0.15, 0.2) is 63.3 Å². The van der Waals surface area contributed by atoms with Crippen molar-refractivity contribution in [3.8, 4) is 12.3 Å². The highest BCUT2D eigenvalue weighted by Crippen LogP contribution is 2.24. The SMILES string of the molecule is C#Cc1ccc(Cn2c(/N=C(\N=C)c3ccccc3C(C)C)c(C)[nH]c2=O)cc1. The lowest BCUT2D eigenvalue weighted by Crippen LogP contribution is -2.17. The lowest BCUT2D eigenvalue weighted by atomic mass is 9.96. The second kappa shape index (κ2) is 8.57. The van der Waals surface area contributed by atoms with Crippen LogP contribution in [0.2, 0.25) is 0 Å². The first-order valence-electron chi connectivity index (χ1n) is 9.44. The van der Waals surface area contributed by atoms with E-state index in [-0.39, 0.29) is 5.69 Å². The molecule has 0 amide bonds. The highest BCUT2D eigenvalue weighted by atomic mass is 16.1. The second-order valence-corrected chi connectivity index (χ2v) is 7.14. The number of aryl methyl sites for hydroxylation is 1. The molecule has 5 heteroatoms. The molecule has 1 aromatic heterocycles. The number of benzene rings is 2. The van der Waals surface area contributed by atoms with E-state index >= 15 is 0 Å². The molecule has 0 saturated carbocycles. The summed E-state index contributed by atoms with van der Waals surface area (Å²) in [6, 6.07) is 15.5. The van der Waals surface area contributed by atoms with Crippen molar-refractivity contribution in [3.63, 3.8) is 0 Å². The van der Waals surface area contributed by atoms with Gasteiger partial charge >= 0.3 is 5.69 Å². The van der Waals surface area contributed by atoms with Gasteiger partial charge < -0.3 is 4.98 Å². The molecule has 0 aliphatic rings. The van der Waals surface area contributed by atoms with Gasteiger partial charge in [-0.05, 0) is 42.8 Å². The van der Waals surface area contributed by atoms with E-state index in [0.29, 0.717) is 29.8 Å². The highest BCUT2D eigenvalue weighted by molar-refractivity contribution is 6.04. The molecule has 2 aromatic carbocycles. The summed E-state index contributed by atoms with van der Waals surface area (Å²) in [5, 5.41) is 0. The molecule has 0 unspecified atom stereocenters. The quantitative estimate of drug-likeness (QED) is 0.395. The van der Waals surface area contributed by atoms with Crippen molar-refractivity contribution in [3.05, 3.63) is 87.0 Å². The Hall–Kier alpha value is -3.65. The maximum atomic E-state index is 12.5. The molecular weight excluding hydrogens is 360 g/mol. The Morgan fingerprint density at radius 3 is 2.52 bits per heavy atom. The third-order valence-corrected chi connectivity index (χ3v) is 4.78.